The summed E-state index contributed by atoms with van der Waals surface area (Å²) in [5.41, 5.74) is 8.11. The third-order valence-corrected chi connectivity index (χ3v) is 4.95. The van der Waals surface area contributed by atoms with Crippen molar-refractivity contribution in [3.8, 4) is 6.07 Å². The Hall–Kier alpha value is -2.59. The first-order valence-electron chi connectivity index (χ1n) is 7.61. The number of benzene rings is 1. The number of fused-ring (bicyclic) bond motifs is 1. The number of amides is 1. The molecule has 3 rings (SSSR count). The fourth-order valence-electron chi connectivity index (χ4n) is 2.83. The molecule has 0 unspecified atom stereocenters. The van der Waals surface area contributed by atoms with Crippen molar-refractivity contribution in [2.24, 2.45) is 0 Å². The molecule has 1 aliphatic heterocycles. The number of nitrogens with two attached hydrogens (primary N) is 1. The Balaban J connectivity index is 1.78. The number of thioether (sulfide) groups is 1. The predicted octanol–water partition coefficient (Wildman–Crippen LogP) is 2.39. The van der Waals surface area contributed by atoms with Gasteiger partial charge in [-0.25, -0.2) is 9.97 Å². The Kier molecular flexibility index (Phi) is 4.40. The Morgan fingerprint density at radius 2 is 2.25 bits per heavy atom. The highest BCUT2D eigenvalue weighted by Crippen LogP contribution is 2.34. The molecule has 0 saturated heterocycles. The van der Waals surface area contributed by atoms with Crippen LogP contribution in [0.5, 0.6) is 0 Å². The number of nitrogen functional groups attached to an aromatic ring is 1. The lowest BCUT2D eigenvalue weighted by Crippen LogP contribution is -2.40. The van der Waals surface area contributed by atoms with E-state index in [2.05, 4.69) is 16.0 Å². The highest BCUT2D eigenvalue weighted by Gasteiger charge is 2.33. The zero-order valence-electron chi connectivity index (χ0n) is 13.4. The summed E-state index contributed by atoms with van der Waals surface area (Å²) in [6.07, 6.45) is 2.25. The van der Waals surface area contributed by atoms with E-state index in [0.29, 0.717) is 5.16 Å². The first kappa shape index (κ1) is 16.3. The van der Waals surface area contributed by atoms with E-state index in [9.17, 15) is 4.79 Å². The maximum Gasteiger partial charge on any atom is 0.240 e. The molecule has 0 bridgehead atoms. The number of aromatic nitrogens is 2. The van der Waals surface area contributed by atoms with E-state index in [-0.39, 0.29) is 28.6 Å². The summed E-state index contributed by atoms with van der Waals surface area (Å²) in [5, 5.41) is 8.91. The smallest absolute Gasteiger partial charge is 0.240 e. The van der Waals surface area contributed by atoms with Crippen LogP contribution in [0.3, 0.4) is 0 Å². The van der Waals surface area contributed by atoms with E-state index in [4.69, 9.17) is 11.0 Å². The van der Waals surface area contributed by atoms with Crippen molar-refractivity contribution in [2.75, 3.05) is 10.6 Å². The molecular formula is C17H17N5OS. The molecule has 1 aromatic heterocycles. The van der Waals surface area contributed by atoms with E-state index in [1.54, 1.807) is 0 Å². The van der Waals surface area contributed by atoms with E-state index in [1.807, 2.05) is 43.0 Å². The first-order valence-corrected chi connectivity index (χ1v) is 8.49. The molecule has 2 N–H and O–H groups in total. The molecule has 0 aliphatic carbocycles. The van der Waals surface area contributed by atoms with Gasteiger partial charge < -0.3 is 10.6 Å². The van der Waals surface area contributed by atoms with Gasteiger partial charge in [-0.2, -0.15) is 5.26 Å². The molecule has 0 radical (unpaired) electrons. The molecule has 0 fully saturated rings. The lowest BCUT2D eigenvalue weighted by Gasteiger charge is -2.25. The summed E-state index contributed by atoms with van der Waals surface area (Å²) in [4.78, 5) is 22.9. The average Bonchev–Trinajstić information content (AvgIpc) is 2.90. The third kappa shape index (κ3) is 2.93. The second kappa shape index (κ2) is 6.49. The Morgan fingerprint density at radius 3 is 2.96 bits per heavy atom. The summed E-state index contributed by atoms with van der Waals surface area (Å²) in [7, 11) is 0. The molecule has 1 amide bonds. The maximum atomic E-state index is 12.9. The zero-order chi connectivity index (χ0) is 17.3. The molecule has 24 heavy (non-hydrogen) atoms. The normalized spacial score (nSPS) is 17.2. The third-order valence-electron chi connectivity index (χ3n) is 3.99. The van der Waals surface area contributed by atoms with Gasteiger partial charge in [0.1, 0.15) is 17.5 Å². The minimum atomic E-state index is -0.356. The topological polar surface area (TPSA) is 95.9 Å². The highest BCUT2D eigenvalue weighted by atomic mass is 32.2. The lowest BCUT2D eigenvalue weighted by molar-refractivity contribution is -0.118. The molecule has 0 spiro atoms. The van der Waals surface area contributed by atoms with Crippen LogP contribution in [0.1, 0.15) is 25.0 Å². The Morgan fingerprint density at radius 1 is 1.50 bits per heavy atom. The highest BCUT2D eigenvalue weighted by molar-refractivity contribution is 8.00. The predicted molar refractivity (Wildman–Crippen MR) is 93.6 cm³/mol. The van der Waals surface area contributed by atoms with Gasteiger partial charge in [-0.3, -0.25) is 4.79 Å². The van der Waals surface area contributed by atoms with Crippen molar-refractivity contribution in [3.05, 3.63) is 41.6 Å². The molecule has 2 aromatic rings. The molecular weight excluding hydrogens is 322 g/mol. The van der Waals surface area contributed by atoms with Crippen LogP contribution in [-0.4, -0.2) is 27.2 Å². The second-order valence-corrected chi connectivity index (χ2v) is 7.02. The average molecular weight is 339 g/mol. The van der Waals surface area contributed by atoms with Gasteiger partial charge in [0.2, 0.25) is 5.91 Å². The number of rotatable bonds is 3. The monoisotopic (exact) mass is 339 g/mol. The Labute approximate surface area is 144 Å². The van der Waals surface area contributed by atoms with Crippen molar-refractivity contribution in [1.29, 1.82) is 5.26 Å². The number of carbonyl (C=O) groups is 1. The molecule has 6 nitrogen and oxygen atoms in total. The van der Waals surface area contributed by atoms with Crippen molar-refractivity contribution in [3.63, 3.8) is 0 Å². The minimum absolute atomic E-state index is 0.0176. The van der Waals surface area contributed by atoms with Crippen LogP contribution in [0.15, 0.2) is 35.6 Å². The molecule has 2 heterocycles. The van der Waals surface area contributed by atoms with Gasteiger partial charge in [-0.05, 0) is 31.9 Å². The largest absolute Gasteiger partial charge is 0.382 e. The first-order chi connectivity index (χ1) is 11.5. The molecule has 1 aromatic carbocycles. The van der Waals surface area contributed by atoms with E-state index in [0.717, 1.165) is 12.1 Å². The van der Waals surface area contributed by atoms with Crippen LogP contribution in [0.4, 0.5) is 11.5 Å². The lowest BCUT2D eigenvalue weighted by atomic mass is 10.1. The summed E-state index contributed by atoms with van der Waals surface area (Å²) in [6, 6.07) is 10.0. The zero-order valence-corrected chi connectivity index (χ0v) is 14.2. The van der Waals surface area contributed by atoms with Crippen molar-refractivity contribution in [1.82, 2.24) is 9.97 Å². The Bertz CT molecular complexity index is 832. The van der Waals surface area contributed by atoms with Gasteiger partial charge >= 0.3 is 0 Å². The molecule has 122 valence electrons. The van der Waals surface area contributed by atoms with Gasteiger partial charge in [-0.15, -0.1) is 0 Å². The number of hydrogen-bond donors (Lipinski definition) is 1. The quantitative estimate of drug-likeness (QED) is 0.681. The van der Waals surface area contributed by atoms with Crippen molar-refractivity contribution >= 4 is 29.2 Å². The summed E-state index contributed by atoms with van der Waals surface area (Å²) in [6.45, 7) is 3.88. The minimum Gasteiger partial charge on any atom is -0.382 e. The molecule has 7 heteroatoms. The van der Waals surface area contributed by atoms with Gasteiger partial charge in [0, 0.05) is 11.7 Å². The van der Waals surface area contributed by atoms with E-state index < -0.39 is 0 Å². The van der Waals surface area contributed by atoms with Crippen molar-refractivity contribution in [2.45, 2.75) is 36.7 Å². The van der Waals surface area contributed by atoms with Crippen LogP contribution in [0, 0.1) is 11.3 Å². The second-order valence-electron chi connectivity index (χ2n) is 5.71. The van der Waals surface area contributed by atoms with Gasteiger partial charge in [0.15, 0.2) is 5.16 Å². The number of carbonyl (C=O) groups excluding carboxylic acids is 1. The van der Waals surface area contributed by atoms with E-state index in [1.165, 1.54) is 23.5 Å². The van der Waals surface area contributed by atoms with Gasteiger partial charge in [-0.1, -0.05) is 30.0 Å². The maximum absolute atomic E-state index is 12.9. The number of para-hydroxylation sites is 1. The molecule has 2 atom stereocenters. The number of anilines is 2. The van der Waals surface area contributed by atoms with Crippen LogP contribution in [0.2, 0.25) is 0 Å². The fraction of sp³-hybridized carbons (Fsp3) is 0.294. The van der Waals surface area contributed by atoms with Crippen LogP contribution >= 0.6 is 11.8 Å². The number of hydrogen-bond acceptors (Lipinski definition) is 6. The standard InChI is InChI=1S/C17H17N5OS/c1-10-7-12-5-3-4-6-14(12)22(10)16(23)11(2)24-17-20-9-13(8-18)15(19)21-17/h3-6,9-11H,7H2,1-2H3,(H2,19,20,21)/t10-,11-/m0/s1. The summed E-state index contributed by atoms with van der Waals surface area (Å²) in [5.74, 6) is 0.151. The SMILES string of the molecule is C[C@H](Sc1ncc(C#N)c(N)n1)C(=O)N1c2ccccc2C[C@@H]1C. The van der Waals surface area contributed by atoms with Crippen LogP contribution < -0.4 is 10.6 Å². The van der Waals surface area contributed by atoms with Gasteiger partial charge in [0.05, 0.1) is 11.4 Å². The molecule has 0 saturated carbocycles. The van der Waals surface area contributed by atoms with E-state index >= 15 is 0 Å². The summed E-state index contributed by atoms with van der Waals surface area (Å²) >= 11 is 1.25. The fourth-order valence-corrected chi connectivity index (χ4v) is 3.62. The number of nitrogens with zero attached hydrogens (tertiary/aromatic N) is 4. The number of nitriles is 1. The van der Waals surface area contributed by atoms with Crippen LogP contribution in [-0.2, 0) is 11.2 Å². The van der Waals surface area contributed by atoms with Crippen LogP contribution in [0.25, 0.3) is 0 Å². The summed E-state index contributed by atoms with van der Waals surface area (Å²) < 4.78 is 0. The molecule has 1 aliphatic rings. The van der Waals surface area contributed by atoms with Crippen molar-refractivity contribution < 1.29 is 4.79 Å². The van der Waals surface area contributed by atoms with Gasteiger partial charge in [0.25, 0.3) is 0 Å².